The summed E-state index contributed by atoms with van der Waals surface area (Å²) in [5.74, 6) is 0.287. The fourth-order valence-electron chi connectivity index (χ4n) is 1.73. The Kier molecular flexibility index (Phi) is 4.49. The van der Waals surface area contributed by atoms with Gasteiger partial charge < -0.3 is 15.6 Å². The van der Waals surface area contributed by atoms with E-state index in [2.05, 4.69) is 0 Å². The molecular formula is C15H16FNO2. The molecule has 2 rings (SSSR count). The van der Waals surface area contributed by atoms with Crippen LogP contribution in [0.15, 0.2) is 42.5 Å². The molecule has 0 aromatic heterocycles. The molecule has 4 heteroatoms. The second-order valence-corrected chi connectivity index (χ2v) is 4.22. The van der Waals surface area contributed by atoms with Gasteiger partial charge in [0.25, 0.3) is 0 Å². The number of rotatable bonds is 5. The number of aliphatic hydroxyl groups excluding tert-OH is 1. The Bertz CT molecular complexity index is 558. The monoisotopic (exact) mass is 261 g/mol. The van der Waals surface area contributed by atoms with Crippen LogP contribution < -0.4 is 10.5 Å². The number of halogens is 1. The van der Waals surface area contributed by atoms with Crippen LogP contribution in [0.1, 0.15) is 16.7 Å². The molecule has 3 nitrogen and oxygen atoms in total. The first-order valence-corrected chi connectivity index (χ1v) is 6.03. The van der Waals surface area contributed by atoms with E-state index in [9.17, 15) is 4.39 Å². The first-order valence-electron chi connectivity index (χ1n) is 6.03. The molecule has 0 spiro atoms. The molecule has 2 aromatic rings. The quantitative estimate of drug-likeness (QED) is 0.868. The zero-order valence-corrected chi connectivity index (χ0v) is 10.5. The Balaban J connectivity index is 2.05. The van der Waals surface area contributed by atoms with E-state index in [4.69, 9.17) is 15.6 Å². The zero-order valence-electron chi connectivity index (χ0n) is 10.5. The molecular weight excluding hydrogens is 245 g/mol. The molecule has 2 aromatic carbocycles. The van der Waals surface area contributed by atoms with Crippen LogP contribution >= 0.6 is 0 Å². The predicted octanol–water partition coefficient (Wildman–Crippen LogP) is 2.36. The first-order chi connectivity index (χ1) is 9.22. The summed E-state index contributed by atoms with van der Waals surface area (Å²) in [6, 6.07) is 12.0. The van der Waals surface area contributed by atoms with Crippen LogP contribution in [-0.4, -0.2) is 5.11 Å². The fraction of sp³-hybridized carbons (Fsp3) is 0.200. The van der Waals surface area contributed by atoms with Crippen molar-refractivity contribution in [2.45, 2.75) is 19.8 Å². The molecule has 0 heterocycles. The summed E-state index contributed by atoms with van der Waals surface area (Å²) in [7, 11) is 0. The topological polar surface area (TPSA) is 55.5 Å². The lowest BCUT2D eigenvalue weighted by molar-refractivity contribution is 0.277. The maximum Gasteiger partial charge on any atom is 0.130 e. The van der Waals surface area contributed by atoms with Gasteiger partial charge in [-0.15, -0.1) is 0 Å². The van der Waals surface area contributed by atoms with Crippen LogP contribution in [0.5, 0.6) is 5.75 Å². The molecule has 0 fully saturated rings. The third-order valence-corrected chi connectivity index (χ3v) is 2.83. The first kappa shape index (κ1) is 13.5. The van der Waals surface area contributed by atoms with Crippen molar-refractivity contribution in [3.8, 4) is 5.75 Å². The molecule has 0 bridgehead atoms. The van der Waals surface area contributed by atoms with Crippen molar-refractivity contribution in [2.24, 2.45) is 5.73 Å². The molecule has 100 valence electrons. The third kappa shape index (κ3) is 3.53. The van der Waals surface area contributed by atoms with Crippen molar-refractivity contribution in [2.75, 3.05) is 0 Å². The molecule has 19 heavy (non-hydrogen) atoms. The van der Waals surface area contributed by atoms with Crippen LogP contribution in [0, 0.1) is 5.82 Å². The summed E-state index contributed by atoms with van der Waals surface area (Å²) in [6.45, 7) is 0.416. The lowest BCUT2D eigenvalue weighted by Crippen LogP contribution is -2.02. The average molecular weight is 261 g/mol. The van der Waals surface area contributed by atoms with Crippen molar-refractivity contribution < 1.29 is 14.2 Å². The number of aliphatic hydroxyl groups is 1. The van der Waals surface area contributed by atoms with Crippen LogP contribution in [0.2, 0.25) is 0 Å². The number of hydrogen-bond acceptors (Lipinski definition) is 3. The standard InChI is InChI=1S/C15H16FNO2/c16-15-7-11(8-17)4-5-13(15)10-19-14-3-1-2-12(6-14)9-18/h1-7,18H,8-10,17H2. The Morgan fingerprint density at radius 3 is 2.63 bits per heavy atom. The fourth-order valence-corrected chi connectivity index (χ4v) is 1.73. The second-order valence-electron chi connectivity index (χ2n) is 4.22. The Hall–Kier alpha value is -1.91. The number of benzene rings is 2. The maximum absolute atomic E-state index is 13.7. The van der Waals surface area contributed by atoms with Gasteiger partial charge in [-0.2, -0.15) is 0 Å². The minimum atomic E-state index is -0.318. The minimum absolute atomic E-state index is 0.0449. The van der Waals surface area contributed by atoms with Gasteiger partial charge in [0, 0.05) is 12.1 Å². The van der Waals surface area contributed by atoms with E-state index in [1.54, 1.807) is 36.4 Å². The smallest absolute Gasteiger partial charge is 0.130 e. The van der Waals surface area contributed by atoms with Crippen molar-refractivity contribution in [1.82, 2.24) is 0 Å². The largest absolute Gasteiger partial charge is 0.489 e. The summed E-state index contributed by atoms with van der Waals surface area (Å²) in [5.41, 5.74) is 7.44. The molecule has 0 aliphatic heterocycles. The molecule has 0 aliphatic rings. The van der Waals surface area contributed by atoms with Gasteiger partial charge in [-0.3, -0.25) is 0 Å². The van der Waals surface area contributed by atoms with Crippen molar-refractivity contribution >= 4 is 0 Å². The van der Waals surface area contributed by atoms with Gasteiger partial charge in [-0.1, -0.05) is 24.3 Å². The van der Waals surface area contributed by atoms with Gasteiger partial charge in [0.05, 0.1) is 6.61 Å². The van der Waals surface area contributed by atoms with Crippen LogP contribution in [0.3, 0.4) is 0 Å². The molecule has 0 saturated carbocycles. The molecule has 0 atom stereocenters. The molecule has 0 amide bonds. The van der Waals surface area contributed by atoms with Gasteiger partial charge in [0.1, 0.15) is 18.2 Å². The van der Waals surface area contributed by atoms with E-state index in [-0.39, 0.29) is 19.0 Å². The molecule has 0 radical (unpaired) electrons. The lowest BCUT2D eigenvalue weighted by atomic mass is 10.1. The summed E-state index contributed by atoms with van der Waals surface area (Å²) in [6.07, 6.45) is 0. The highest BCUT2D eigenvalue weighted by molar-refractivity contribution is 5.29. The van der Waals surface area contributed by atoms with Gasteiger partial charge >= 0.3 is 0 Å². The highest BCUT2D eigenvalue weighted by atomic mass is 19.1. The van der Waals surface area contributed by atoms with Crippen molar-refractivity contribution in [3.63, 3.8) is 0 Å². The Morgan fingerprint density at radius 1 is 1.11 bits per heavy atom. The number of ether oxygens (including phenoxy) is 1. The number of hydrogen-bond donors (Lipinski definition) is 2. The lowest BCUT2D eigenvalue weighted by Gasteiger charge is -2.09. The zero-order chi connectivity index (χ0) is 13.7. The van der Waals surface area contributed by atoms with Gasteiger partial charge in [0.2, 0.25) is 0 Å². The SMILES string of the molecule is NCc1ccc(COc2cccc(CO)c2)c(F)c1. The van der Waals surface area contributed by atoms with Gasteiger partial charge in [-0.05, 0) is 29.3 Å². The van der Waals surface area contributed by atoms with Crippen LogP contribution in [0.4, 0.5) is 4.39 Å². The molecule has 0 saturated heterocycles. The van der Waals surface area contributed by atoms with E-state index in [1.807, 2.05) is 0 Å². The van der Waals surface area contributed by atoms with E-state index in [0.29, 0.717) is 17.9 Å². The van der Waals surface area contributed by atoms with E-state index in [0.717, 1.165) is 11.1 Å². The Morgan fingerprint density at radius 2 is 1.95 bits per heavy atom. The second kappa shape index (κ2) is 6.31. The van der Waals surface area contributed by atoms with E-state index >= 15 is 0 Å². The highest BCUT2D eigenvalue weighted by Gasteiger charge is 2.04. The van der Waals surface area contributed by atoms with E-state index < -0.39 is 0 Å². The summed E-state index contributed by atoms with van der Waals surface area (Å²) in [5, 5.41) is 9.02. The molecule has 0 aliphatic carbocycles. The van der Waals surface area contributed by atoms with Crippen molar-refractivity contribution in [1.29, 1.82) is 0 Å². The number of nitrogens with two attached hydrogens (primary N) is 1. The normalized spacial score (nSPS) is 10.5. The van der Waals surface area contributed by atoms with Gasteiger partial charge in [0.15, 0.2) is 0 Å². The summed E-state index contributed by atoms with van der Waals surface area (Å²) < 4.78 is 19.2. The highest BCUT2D eigenvalue weighted by Crippen LogP contribution is 2.17. The molecule has 0 unspecified atom stereocenters. The summed E-state index contributed by atoms with van der Waals surface area (Å²) >= 11 is 0. The van der Waals surface area contributed by atoms with Gasteiger partial charge in [-0.25, -0.2) is 4.39 Å². The van der Waals surface area contributed by atoms with E-state index in [1.165, 1.54) is 6.07 Å². The summed E-state index contributed by atoms with van der Waals surface area (Å²) in [4.78, 5) is 0. The van der Waals surface area contributed by atoms with Crippen LogP contribution in [-0.2, 0) is 19.8 Å². The Labute approximate surface area is 111 Å². The maximum atomic E-state index is 13.7. The third-order valence-electron chi connectivity index (χ3n) is 2.83. The average Bonchev–Trinajstić information content (AvgIpc) is 2.46. The minimum Gasteiger partial charge on any atom is -0.489 e. The molecule has 3 N–H and O–H groups in total. The predicted molar refractivity (Wildman–Crippen MR) is 71.0 cm³/mol. The van der Waals surface area contributed by atoms with Crippen molar-refractivity contribution in [3.05, 3.63) is 65.0 Å². The van der Waals surface area contributed by atoms with Crippen LogP contribution in [0.25, 0.3) is 0 Å².